The van der Waals surface area contributed by atoms with E-state index in [9.17, 15) is 0 Å². The van der Waals surface area contributed by atoms with Gasteiger partial charge < -0.3 is 25.1 Å². The Morgan fingerprint density at radius 1 is 1.60 bits per heavy atom. The Hall–Kier alpha value is -1.53. The molecule has 3 heterocycles. The van der Waals surface area contributed by atoms with Gasteiger partial charge in [-0.3, -0.25) is 0 Å². The van der Waals surface area contributed by atoms with Gasteiger partial charge in [0, 0.05) is 13.3 Å². The summed E-state index contributed by atoms with van der Waals surface area (Å²) in [4.78, 5) is 4.24. The Bertz CT molecular complexity index is 538. The van der Waals surface area contributed by atoms with E-state index in [1.165, 1.54) is 0 Å². The number of hydrogen-bond donors (Lipinski definition) is 2. The van der Waals surface area contributed by atoms with E-state index in [1.807, 2.05) is 0 Å². The minimum Gasteiger partial charge on any atom is -0.383 e. The molecule has 1 unspecified atom stereocenters. The molecular formula is C14H22N4O2. The number of aryl methyl sites for hydroxylation is 1. The number of methoxy groups -OCH3 is 1. The van der Waals surface area contributed by atoms with E-state index < -0.39 is 0 Å². The lowest BCUT2D eigenvalue weighted by Gasteiger charge is -2.21. The van der Waals surface area contributed by atoms with Gasteiger partial charge in [-0.15, -0.1) is 0 Å². The van der Waals surface area contributed by atoms with Gasteiger partial charge >= 0.3 is 0 Å². The first-order valence-electron chi connectivity index (χ1n) is 7.01. The standard InChI is InChI=1S/C14H22N4O2/c1-8-4-11(20-10(8)6-19-3)18-5-9(2)12-13(15)16-7-17-14(12)18/h5,8,10-11,17H,4,6-7H2,1-3H3,(H2,15,16)/t8?,10-,11-/m1/s1. The lowest BCUT2D eigenvalue weighted by Crippen LogP contribution is -2.24. The summed E-state index contributed by atoms with van der Waals surface area (Å²) in [5, 5.41) is 3.31. The van der Waals surface area contributed by atoms with Crippen LogP contribution >= 0.6 is 0 Å². The average molecular weight is 278 g/mol. The minimum absolute atomic E-state index is 0.0333. The molecule has 1 aromatic heterocycles. The predicted octanol–water partition coefficient (Wildman–Crippen LogP) is 1.45. The van der Waals surface area contributed by atoms with Crippen LogP contribution in [0.4, 0.5) is 5.82 Å². The van der Waals surface area contributed by atoms with Crippen LogP contribution in [0.2, 0.25) is 0 Å². The molecule has 1 fully saturated rings. The first-order valence-corrected chi connectivity index (χ1v) is 7.01. The van der Waals surface area contributed by atoms with Gasteiger partial charge in [-0.1, -0.05) is 6.92 Å². The summed E-state index contributed by atoms with van der Waals surface area (Å²) in [5.74, 6) is 2.10. The molecule has 6 heteroatoms. The highest BCUT2D eigenvalue weighted by atomic mass is 16.5. The zero-order chi connectivity index (χ0) is 14.3. The molecule has 1 saturated heterocycles. The van der Waals surface area contributed by atoms with Crippen molar-refractivity contribution < 1.29 is 9.47 Å². The van der Waals surface area contributed by atoms with Crippen molar-refractivity contribution in [1.82, 2.24) is 4.57 Å². The van der Waals surface area contributed by atoms with E-state index in [4.69, 9.17) is 15.2 Å². The monoisotopic (exact) mass is 278 g/mol. The fourth-order valence-electron chi connectivity index (χ4n) is 3.07. The first kappa shape index (κ1) is 13.5. The first-order chi connectivity index (χ1) is 9.61. The van der Waals surface area contributed by atoms with Gasteiger partial charge in [0.1, 0.15) is 24.6 Å². The third-order valence-corrected chi connectivity index (χ3v) is 4.16. The van der Waals surface area contributed by atoms with Crippen molar-refractivity contribution in [3.8, 4) is 0 Å². The number of ether oxygens (including phenoxy) is 2. The molecule has 3 rings (SSSR count). The molecule has 1 aromatic rings. The fourth-order valence-corrected chi connectivity index (χ4v) is 3.07. The van der Waals surface area contributed by atoms with E-state index in [2.05, 4.69) is 34.9 Å². The number of anilines is 1. The molecule has 2 aliphatic heterocycles. The van der Waals surface area contributed by atoms with Gasteiger partial charge in [-0.05, 0) is 24.8 Å². The van der Waals surface area contributed by atoms with E-state index >= 15 is 0 Å². The summed E-state index contributed by atoms with van der Waals surface area (Å²) in [6.07, 6.45) is 3.26. The molecule has 0 spiro atoms. The molecule has 20 heavy (non-hydrogen) atoms. The second kappa shape index (κ2) is 5.10. The quantitative estimate of drug-likeness (QED) is 0.877. The Morgan fingerprint density at radius 2 is 2.40 bits per heavy atom. The maximum absolute atomic E-state index is 6.13. The number of aliphatic imine (C=N–C) groups is 1. The summed E-state index contributed by atoms with van der Waals surface area (Å²) in [7, 11) is 1.71. The zero-order valence-corrected chi connectivity index (χ0v) is 12.2. The number of nitrogens with zero attached hydrogens (tertiary/aromatic N) is 2. The van der Waals surface area contributed by atoms with E-state index in [1.54, 1.807) is 7.11 Å². The number of fused-ring (bicyclic) bond motifs is 1. The molecule has 2 aliphatic rings. The molecule has 3 atom stereocenters. The summed E-state index contributed by atoms with van der Waals surface area (Å²) < 4.78 is 13.5. The number of nitrogens with one attached hydrogen (secondary N) is 1. The molecular weight excluding hydrogens is 256 g/mol. The number of aromatic nitrogens is 1. The molecule has 0 saturated carbocycles. The highest BCUT2D eigenvalue weighted by Crippen LogP contribution is 2.38. The Morgan fingerprint density at radius 3 is 3.15 bits per heavy atom. The van der Waals surface area contributed by atoms with Crippen LogP contribution in [0.5, 0.6) is 0 Å². The summed E-state index contributed by atoms with van der Waals surface area (Å²) in [6, 6.07) is 0. The highest BCUT2D eigenvalue weighted by Gasteiger charge is 2.35. The largest absolute Gasteiger partial charge is 0.383 e. The second-order valence-electron chi connectivity index (χ2n) is 5.62. The summed E-state index contributed by atoms with van der Waals surface area (Å²) >= 11 is 0. The van der Waals surface area contributed by atoms with Crippen LogP contribution in [0, 0.1) is 12.8 Å². The van der Waals surface area contributed by atoms with Crippen molar-refractivity contribution in [2.45, 2.75) is 32.6 Å². The van der Waals surface area contributed by atoms with Gasteiger partial charge in [0.2, 0.25) is 0 Å². The van der Waals surface area contributed by atoms with Crippen LogP contribution < -0.4 is 11.1 Å². The van der Waals surface area contributed by atoms with Gasteiger partial charge in [0.05, 0.1) is 18.3 Å². The molecule has 3 N–H and O–H groups in total. The number of amidine groups is 1. The lowest BCUT2D eigenvalue weighted by molar-refractivity contribution is -0.0377. The normalized spacial score (nSPS) is 28.9. The van der Waals surface area contributed by atoms with Crippen LogP contribution in [0.3, 0.4) is 0 Å². The van der Waals surface area contributed by atoms with Gasteiger partial charge in [0.25, 0.3) is 0 Å². The zero-order valence-electron chi connectivity index (χ0n) is 12.2. The fraction of sp³-hybridized carbons (Fsp3) is 0.643. The molecule has 6 nitrogen and oxygen atoms in total. The van der Waals surface area contributed by atoms with E-state index in [-0.39, 0.29) is 12.3 Å². The maximum atomic E-state index is 6.13. The van der Waals surface area contributed by atoms with Crippen molar-refractivity contribution in [2.24, 2.45) is 16.6 Å². The molecule has 0 aromatic carbocycles. The Balaban J connectivity index is 1.89. The average Bonchev–Trinajstić information content (AvgIpc) is 2.93. The summed E-state index contributed by atoms with van der Waals surface area (Å²) in [5.41, 5.74) is 8.12. The van der Waals surface area contributed by atoms with Crippen molar-refractivity contribution in [1.29, 1.82) is 0 Å². The van der Waals surface area contributed by atoms with Crippen LogP contribution in [0.1, 0.15) is 30.7 Å². The molecule has 0 bridgehead atoms. The van der Waals surface area contributed by atoms with E-state index in [0.717, 1.165) is 23.4 Å². The number of rotatable bonds is 3. The third-order valence-electron chi connectivity index (χ3n) is 4.16. The van der Waals surface area contributed by atoms with Gasteiger partial charge in [-0.25, -0.2) is 4.99 Å². The number of hydrogen-bond acceptors (Lipinski definition) is 5. The van der Waals surface area contributed by atoms with Crippen molar-refractivity contribution in [3.63, 3.8) is 0 Å². The van der Waals surface area contributed by atoms with Crippen molar-refractivity contribution in [2.75, 3.05) is 25.7 Å². The smallest absolute Gasteiger partial charge is 0.136 e. The third kappa shape index (κ3) is 2.09. The van der Waals surface area contributed by atoms with Crippen LogP contribution in [-0.2, 0) is 9.47 Å². The Labute approximate surface area is 119 Å². The topological polar surface area (TPSA) is 73.8 Å². The van der Waals surface area contributed by atoms with Crippen molar-refractivity contribution in [3.05, 3.63) is 17.3 Å². The van der Waals surface area contributed by atoms with Gasteiger partial charge in [0.15, 0.2) is 0 Å². The molecule has 0 radical (unpaired) electrons. The Kier molecular flexibility index (Phi) is 3.43. The minimum atomic E-state index is 0.0333. The summed E-state index contributed by atoms with van der Waals surface area (Å²) in [6.45, 7) is 5.41. The van der Waals surface area contributed by atoms with Crippen molar-refractivity contribution >= 4 is 11.7 Å². The highest BCUT2D eigenvalue weighted by molar-refractivity contribution is 6.04. The molecule has 0 amide bonds. The van der Waals surface area contributed by atoms with Crippen LogP contribution in [0.25, 0.3) is 0 Å². The van der Waals surface area contributed by atoms with E-state index in [0.29, 0.717) is 25.0 Å². The van der Waals surface area contributed by atoms with Crippen LogP contribution in [0.15, 0.2) is 11.2 Å². The van der Waals surface area contributed by atoms with Crippen LogP contribution in [-0.4, -0.2) is 36.9 Å². The second-order valence-corrected chi connectivity index (χ2v) is 5.62. The number of nitrogens with two attached hydrogens (primary N) is 1. The molecule has 110 valence electrons. The van der Waals surface area contributed by atoms with Gasteiger partial charge in [-0.2, -0.15) is 0 Å². The SMILES string of the molecule is COC[C@H]1O[C@@H](n2cc(C)c3c2NCN=C3N)CC1C. The molecule has 0 aliphatic carbocycles. The lowest BCUT2D eigenvalue weighted by atomic mass is 10.0. The predicted molar refractivity (Wildman–Crippen MR) is 78.0 cm³/mol. The maximum Gasteiger partial charge on any atom is 0.136 e.